The van der Waals surface area contributed by atoms with E-state index in [1.807, 2.05) is 43.5 Å². The third kappa shape index (κ3) is 5.80. The molecule has 1 amide bonds. The highest BCUT2D eigenvalue weighted by Gasteiger charge is 2.14. The Morgan fingerprint density at radius 2 is 2.07 bits per heavy atom. The first-order chi connectivity index (χ1) is 14.0. The van der Waals surface area contributed by atoms with Crippen molar-refractivity contribution in [2.45, 2.75) is 39.1 Å². The molecule has 1 N–H and O–H groups in total. The molecule has 3 aromatic rings. The topological polar surface area (TPSA) is 81.9 Å². The van der Waals surface area contributed by atoms with Gasteiger partial charge in [0.25, 0.3) is 0 Å². The molecule has 2 aromatic heterocycles. The predicted molar refractivity (Wildman–Crippen MR) is 117 cm³/mol. The van der Waals surface area contributed by atoms with Crippen molar-refractivity contribution in [3.05, 3.63) is 58.0 Å². The van der Waals surface area contributed by atoms with Gasteiger partial charge in [-0.1, -0.05) is 23.9 Å². The minimum absolute atomic E-state index is 0.149. The molecular formula is C20H22BrN5O2S. The molecule has 0 saturated carbocycles. The number of aryl methyl sites for hydroxylation is 2. The SMILES string of the molecule is CCn1c(COc2cc(C)ccc2C)nnc1SCC(=O)Nc1ccc(Br)cn1. The molecular weight excluding hydrogens is 454 g/mol. The summed E-state index contributed by atoms with van der Waals surface area (Å²) in [7, 11) is 0. The van der Waals surface area contributed by atoms with E-state index in [2.05, 4.69) is 42.5 Å². The number of ether oxygens (including phenoxy) is 1. The molecule has 152 valence electrons. The molecule has 0 atom stereocenters. The molecule has 29 heavy (non-hydrogen) atoms. The number of carbonyl (C=O) groups is 1. The van der Waals surface area contributed by atoms with E-state index < -0.39 is 0 Å². The summed E-state index contributed by atoms with van der Waals surface area (Å²) in [6, 6.07) is 9.67. The van der Waals surface area contributed by atoms with Crippen molar-refractivity contribution < 1.29 is 9.53 Å². The summed E-state index contributed by atoms with van der Waals surface area (Å²) in [5.74, 6) is 2.15. The standard InChI is InChI=1S/C20H22BrN5O2S/c1-4-26-18(11-28-16-9-13(2)5-6-14(16)3)24-25-20(26)29-12-19(27)23-17-8-7-15(21)10-22-17/h5-10H,4,11-12H2,1-3H3,(H,22,23,27). The zero-order chi connectivity index (χ0) is 20.8. The van der Waals surface area contributed by atoms with Crippen LogP contribution in [-0.4, -0.2) is 31.4 Å². The van der Waals surface area contributed by atoms with Gasteiger partial charge in [0.15, 0.2) is 11.0 Å². The van der Waals surface area contributed by atoms with Crippen LogP contribution in [0.2, 0.25) is 0 Å². The van der Waals surface area contributed by atoms with E-state index in [1.54, 1.807) is 12.3 Å². The van der Waals surface area contributed by atoms with Crippen molar-refractivity contribution in [2.24, 2.45) is 0 Å². The van der Waals surface area contributed by atoms with Crippen molar-refractivity contribution >= 4 is 39.4 Å². The van der Waals surface area contributed by atoms with Crippen molar-refractivity contribution in [3.63, 3.8) is 0 Å². The van der Waals surface area contributed by atoms with Gasteiger partial charge in [-0.2, -0.15) is 0 Å². The number of carbonyl (C=O) groups excluding carboxylic acids is 1. The van der Waals surface area contributed by atoms with E-state index in [9.17, 15) is 4.79 Å². The lowest BCUT2D eigenvalue weighted by Gasteiger charge is -2.11. The van der Waals surface area contributed by atoms with Gasteiger partial charge in [-0.15, -0.1) is 10.2 Å². The van der Waals surface area contributed by atoms with Crippen LogP contribution in [0.5, 0.6) is 5.75 Å². The summed E-state index contributed by atoms with van der Waals surface area (Å²) in [6.07, 6.45) is 1.64. The van der Waals surface area contributed by atoms with Gasteiger partial charge in [0.2, 0.25) is 5.91 Å². The Kier molecular flexibility index (Phi) is 7.27. The van der Waals surface area contributed by atoms with Crippen LogP contribution in [0.1, 0.15) is 23.9 Å². The van der Waals surface area contributed by atoms with Gasteiger partial charge in [-0.25, -0.2) is 4.98 Å². The highest BCUT2D eigenvalue weighted by Crippen LogP contribution is 2.22. The lowest BCUT2D eigenvalue weighted by Crippen LogP contribution is -2.15. The Labute approximate surface area is 182 Å². The van der Waals surface area contributed by atoms with Gasteiger partial charge in [-0.05, 0) is 66.0 Å². The van der Waals surface area contributed by atoms with Crippen LogP contribution in [-0.2, 0) is 17.9 Å². The summed E-state index contributed by atoms with van der Waals surface area (Å²) in [4.78, 5) is 16.3. The maximum Gasteiger partial charge on any atom is 0.236 e. The quantitative estimate of drug-likeness (QED) is 0.486. The maximum atomic E-state index is 12.2. The number of hydrogen-bond acceptors (Lipinski definition) is 6. The van der Waals surface area contributed by atoms with E-state index in [0.29, 0.717) is 24.1 Å². The van der Waals surface area contributed by atoms with Gasteiger partial charge >= 0.3 is 0 Å². The van der Waals surface area contributed by atoms with Crippen LogP contribution < -0.4 is 10.1 Å². The zero-order valence-electron chi connectivity index (χ0n) is 16.5. The summed E-state index contributed by atoms with van der Waals surface area (Å²) >= 11 is 4.65. The summed E-state index contributed by atoms with van der Waals surface area (Å²) in [6.45, 7) is 7.07. The Hall–Kier alpha value is -2.39. The van der Waals surface area contributed by atoms with Crippen LogP contribution in [0.4, 0.5) is 5.82 Å². The van der Waals surface area contributed by atoms with E-state index in [4.69, 9.17) is 4.74 Å². The number of halogens is 1. The van der Waals surface area contributed by atoms with Crippen LogP contribution in [0, 0.1) is 13.8 Å². The van der Waals surface area contributed by atoms with Crippen molar-refractivity contribution in [1.82, 2.24) is 19.7 Å². The molecule has 2 heterocycles. The molecule has 0 saturated heterocycles. The van der Waals surface area contributed by atoms with Gasteiger partial charge in [0.1, 0.15) is 18.2 Å². The van der Waals surface area contributed by atoms with E-state index in [-0.39, 0.29) is 11.7 Å². The highest BCUT2D eigenvalue weighted by atomic mass is 79.9. The lowest BCUT2D eigenvalue weighted by molar-refractivity contribution is -0.113. The Balaban J connectivity index is 1.59. The molecule has 0 radical (unpaired) electrons. The molecule has 7 nitrogen and oxygen atoms in total. The molecule has 3 rings (SSSR count). The monoisotopic (exact) mass is 475 g/mol. The minimum atomic E-state index is -0.149. The predicted octanol–water partition coefficient (Wildman–Crippen LogP) is 4.38. The Morgan fingerprint density at radius 1 is 1.24 bits per heavy atom. The van der Waals surface area contributed by atoms with Crippen molar-refractivity contribution in [2.75, 3.05) is 11.1 Å². The lowest BCUT2D eigenvalue weighted by atomic mass is 10.1. The van der Waals surface area contributed by atoms with Gasteiger partial charge < -0.3 is 14.6 Å². The van der Waals surface area contributed by atoms with E-state index in [1.165, 1.54) is 11.8 Å². The molecule has 9 heteroatoms. The fourth-order valence-electron chi connectivity index (χ4n) is 2.61. The van der Waals surface area contributed by atoms with Crippen LogP contribution in [0.15, 0.2) is 46.2 Å². The number of pyridine rings is 1. The van der Waals surface area contributed by atoms with Gasteiger partial charge in [-0.3, -0.25) is 4.79 Å². The highest BCUT2D eigenvalue weighted by molar-refractivity contribution is 9.10. The second kappa shape index (κ2) is 9.89. The van der Waals surface area contributed by atoms with Crippen LogP contribution in [0.3, 0.4) is 0 Å². The third-order valence-electron chi connectivity index (χ3n) is 4.14. The maximum absolute atomic E-state index is 12.2. The second-order valence-electron chi connectivity index (χ2n) is 6.40. The fourth-order valence-corrected chi connectivity index (χ4v) is 3.67. The average molecular weight is 476 g/mol. The number of benzene rings is 1. The molecule has 0 aliphatic carbocycles. The van der Waals surface area contributed by atoms with Gasteiger partial charge in [0, 0.05) is 17.2 Å². The van der Waals surface area contributed by atoms with Crippen LogP contribution >= 0.6 is 27.7 Å². The van der Waals surface area contributed by atoms with E-state index >= 15 is 0 Å². The van der Waals surface area contributed by atoms with Gasteiger partial charge in [0.05, 0.1) is 5.75 Å². The number of nitrogens with one attached hydrogen (secondary N) is 1. The number of thioether (sulfide) groups is 1. The molecule has 0 fully saturated rings. The molecule has 1 aromatic carbocycles. The fraction of sp³-hybridized carbons (Fsp3) is 0.300. The summed E-state index contributed by atoms with van der Waals surface area (Å²) in [5, 5.41) is 11.9. The first kappa shape index (κ1) is 21.3. The third-order valence-corrected chi connectivity index (χ3v) is 5.57. The summed E-state index contributed by atoms with van der Waals surface area (Å²) < 4.78 is 8.77. The van der Waals surface area contributed by atoms with Crippen molar-refractivity contribution in [1.29, 1.82) is 0 Å². The molecule has 0 unspecified atom stereocenters. The molecule has 0 aliphatic rings. The molecule has 0 aliphatic heterocycles. The Bertz CT molecular complexity index is 991. The number of rotatable bonds is 8. The Morgan fingerprint density at radius 3 is 2.79 bits per heavy atom. The smallest absolute Gasteiger partial charge is 0.236 e. The second-order valence-corrected chi connectivity index (χ2v) is 8.26. The zero-order valence-corrected chi connectivity index (χ0v) is 18.9. The average Bonchev–Trinajstić information content (AvgIpc) is 3.10. The molecule has 0 spiro atoms. The number of amides is 1. The summed E-state index contributed by atoms with van der Waals surface area (Å²) in [5.41, 5.74) is 2.22. The number of nitrogens with zero attached hydrogens (tertiary/aromatic N) is 4. The van der Waals surface area contributed by atoms with Crippen molar-refractivity contribution in [3.8, 4) is 5.75 Å². The minimum Gasteiger partial charge on any atom is -0.485 e. The van der Waals surface area contributed by atoms with Crippen LogP contribution in [0.25, 0.3) is 0 Å². The molecule has 0 bridgehead atoms. The number of anilines is 1. The first-order valence-corrected chi connectivity index (χ1v) is 10.9. The van der Waals surface area contributed by atoms with E-state index in [0.717, 1.165) is 27.2 Å². The largest absolute Gasteiger partial charge is 0.485 e. The number of aromatic nitrogens is 4. The first-order valence-electron chi connectivity index (χ1n) is 9.12. The normalized spacial score (nSPS) is 10.8. The number of hydrogen-bond donors (Lipinski definition) is 1.